The zero-order valence-corrected chi connectivity index (χ0v) is 14.9. The highest BCUT2D eigenvalue weighted by atomic mass is 32.2. The maximum Gasteiger partial charge on any atom is 0.281 e. The number of carbonyl (C=O) groups excluding carboxylic acids is 1. The lowest BCUT2D eigenvalue weighted by molar-refractivity contribution is -0.116. The van der Waals surface area contributed by atoms with Crippen molar-refractivity contribution in [2.24, 2.45) is 0 Å². The van der Waals surface area contributed by atoms with Crippen LogP contribution < -0.4 is 10.2 Å². The van der Waals surface area contributed by atoms with Crippen LogP contribution in [0.3, 0.4) is 0 Å². The molecule has 1 amide bonds. The highest BCUT2D eigenvalue weighted by molar-refractivity contribution is 7.86. The quantitative estimate of drug-likeness (QED) is 0.776. The van der Waals surface area contributed by atoms with E-state index in [4.69, 9.17) is 4.74 Å². The Labute approximate surface area is 152 Å². The van der Waals surface area contributed by atoms with Gasteiger partial charge in [-0.3, -0.25) is 9.35 Å². The molecule has 1 heterocycles. The molecule has 0 spiro atoms. The molecule has 3 rings (SSSR count). The Kier molecular flexibility index (Phi) is 5.55. The molecule has 26 heavy (non-hydrogen) atoms. The van der Waals surface area contributed by atoms with Crippen molar-refractivity contribution in [2.45, 2.75) is 5.25 Å². The standard InChI is InChI=1S/C18H20N2O5S/c21-18(17(26(22,23)24)14-4-2-1-3-5-14)19-15-6-8-16(9-7-15)20-10-12-25-13-11-20/h1-9,17H,10-13H2,(H,19,21)(H,22,23,24). The van der Waals surface area contributed by atoms with E-state index in [1.807, 2.05) is 12.1 Å². The Hall–Kier alpha value is -2.42. The van der Waals surface area contributed by atoms with Crippen molar-refractivity contribution in [2.75, 3.05) is 36.5 Å². The third-order valence-electron chi connectivity index (χ3n) is 4.15. The van der Waals surface area contributed by atoms with Gasteiger partial charge in [-0.05, 0) is 29.8 Å². The fourth-order valence-corrected chi connectivity index (χ4v) is 3.70. The molecule has 0 saturated carbocycles. The Morgan fingerprint density at radius 3 is 2.23 bits per heavy atom. The lowest BCUT2D eigenvalue weighted by Crippen LogP contribution is -2.36. The molecule has 1 aliphatic rings. The smallest absolute Gasteiger partial charge is 0.281 e. The van der Waals surface area contributed by atoms with E-state index in [9.17, 15) is 17.8 Å². The van der Waals surface area contributed by atoms with Gasteiger partial charge in [0.2, 0.25) is 5.91 Å². The van der Waals surface area contributed by atoms with Gasteiger partial charge in [0.1, 0.15) is 0 Å². The van der Waals surface area contributed by atoms with Crippen LogP contribution in [-0.2, 0) is 19.6 Å². The van der Waals surface area contributed by atoms with Crippen LogP contribution in [0.4, 0.5) is 11.4 Å². The van der Waals surface area contributed by atoms with E-state index in [0.29, 0.717) is 18.9 Å². The van der Waals surface area contributed by atoms with E-state index in [1.165, 1.54) is 12.1 Å². The van der Waals surface area contributed by atoms with Crippen LogP contribution in [-0.4, -0.2) is 45.2 Å². The summed E-state index contributed by atoms with van der Waals surface area (Å²) in [5.41, 5.74) is 1.66. The van der Waals surface area contributed by atoms with E-state index in [-0.39, 0.29) is 5.56 Å². The van der Waals surface area contributed by atoms with Crippen molar-refractivity contribution < 1.29 is 22.5 Å². The number of anilines is 2. The minimum absolute atomic E-state index is 0.206. The number of hydrogen-bond acceptors (Lipinski definition) is 5. The molecule has 1 atom stereocenters. The van der Waals surface area contributed by atoms with Gasteiger partial charge in [-0.1, -0.05) is 30.3 Å². The molecule has 8 heteroatoms. The number of hydrogen-bond donors (Lipinski definition) is 2. The molecule has 0 bridgehead atoms. The molecule has 0 radical (unpaired) electrons. The summed E-state index contributed by atoms with van der Waals surface area (Å²) in [7, 11) is -4.60. The van der Waals surface area contributed by atoms with Gasteiger partial charge in [0, 0.05) is 24.5 Å². The Morgan fingerprint density at radius 2 is 1.65 bits per heavy atom. The maximum absolute atomic E-state index is 12.5. The molecule has 7 nitrogen and oxygen atoms in total. The van der Waals surface area contributed by atoms with E-state index >= 15 is 0 Å². The number of carbonyl (C=O) groups is 1. The SMILES string of the molecule is O=C(Nc1ccc(N2CCOCC2)cc1)C(c1ccccc1)S(=O)(=O)O. The molecule has 138 valence electrons. The van der Waals surface area contributed by atoms with E-state index < -0.39 is 21.3 Å². The first kappa shape index (κ1) is 18.4. The van der Waals surface area contributed by atoms with Crippen LogP contribution in [0, 0.1) is 0 Å². The summed E-state index contributed by atoms with van der Waals surface area (Å²) in [6, 6.07) is 15.0. The number of amides is 1. The maximum atomic E-state index is 12.5. The summed E-state index contributed by atoms with van der Waals surface area (Å²) in [4.78, 5) is 14.6. The van der Waals surface area contributed by atoms with Crippen molar-refractivity contribution in [3.8, 4) is 0 Å². The monoisotopic (exact) mass is 376 g/mol. The average molecular weight is 376 g/mol. The molecule has 1 saturated heterocycles. The molecule has 1 unspecified atom stereocenters. The fraction of sp³-hybridized carbons (Fsp3) is 0.278. The summed E-state index contributed by atoms with van der Waals surface area (Å²) in [5, 5.41) is 0.878. The van der Waals surface area contributed by atoms with Gasteiger partial charge in [0.15, 0.2) is 5.25 Å². The zero-order chi connectivity index (χ0) is 18.6. The Morgan fingerprint density at radius 1 is 1.04 bits per heavy atom. The second-order valence-electron chi connectivity index (χ2n) is 5.94. The van der Waals surface area contributed by atoms with Gasteiger partial charge in [-0.25, -0.2) is 0 Å². The number of morpholine rings is 1. The zero-order valence-electron chi connectivity index (χ0n) is 14.0. The third kappa shape index (κ3) is 4.40. The number of nitrogens with one attached hydrogen (secondary N) is 1. The summed E-state index contributed by atoms with van der Waals surface area (Å²) in [6.07, 6.45) is 0. The summed E-state index contributed by atoms with van der Waals surface area (Å²) in [5.74, 6) is -0.808. The number of benzene rings is 2. The molecule has 1 fully saturated rings. The van der Waals surface area contributed by atoms with Crippen molar-refractivity contribution in [3.05, 3.63) is 60.2 Å². The first-order valence-electron chi connectivity index (χ1n) is 8.20. The normalized spacial score (nSPS) is 16.1. The Bertz CT molecular complexity index is 847. The van der Waals surface area contributed by atoms with Gasteiger partial charge >= 0.3 is 0 Å². The first-order chi connectivity index (χ1) is 12.4. The number of ether oxygens (including phenoxy) is 1. The predicted molar refractivity (Wildman–Crippen MR) is 98.8 cm³/mol. The molecular formula is C18H20N2O5S. The van der Waals surface area contributed by atoms with Crippen LogP contribution in [0.5, 0.6) is 0 Å². The second-order valence-corrected chi connectivity index (χ2v) is 7.44. The van der Waals surface area contributed by atoms with Crippen LogP contribution in [0.15, 0.2) is 54.6 Å². The van der Waals surface area contributed by atoms with Crippen molar-refractivity contribution in [1.29, 1.82) is 0 Å². The van der Waals surface area contributed by atoms with Crippen LogP contribution in [0.1, 0.15) is 10.8 Å². The summed E-state index contributed by atoms with van der Waals surface area (Å²) < 4.78 is 38.2. The van der Waals surface area contributed by atoms with Gasteiger partial charge < -0.3 is 15.0 Å². The van der Waals surface area contributed by atoms with Crippen molar-refractivity contribution >= 4 is 27.4 Å². The average Bonchev–Trinajstić information content (AvgIpc) is 2.63. The number of nitrogens with zero attached hydrogens (tertiary/aromatic N) is 1. The number of rotatable bonds is 5. The van der Waals surface area contributed by atoms with Gasteiger partial charge in [-0.2, -0.15) is 8.42 Å². The van der Waals surface area contributed by atoms with E-state index in [1.54, 1.807) is 30.3 Å². The summed E-state index contributed by atoms with van der Waals surface area (Å²) >= 11 is 0. The van der Waals surface area contributed by atoms with Gasteiger partial charge in [0.25, 0.3) is 10.1 Å². The van der Waals surface area contributed by atoms with Gasteiger partial charge in [-0.15, -0.1) is 0 Å². The lowest BCUT2D eigenvalue weighted by atomic mass is 10.1. The van der Waals surface area contributed by atoms with Crippen molar-refractivity contribution in [3.63, 3.8) is 0 Å². The molecule has 2 N–H and O–H groups in total. The highest BCUT2D eigenvalue weighted by Gasteiger charge is 2.32. The van der Waals surface area contributed by atoms with E-state index in [2.05, 4.69) is 10.2 Å². The van der Waals surface area contributed by atoms with E-state index in [0.717, 1.165) is 18.8 Å². The molecule has 0 aliphatic carbocycles. The van der Waals surface area contributed by atoms with Crippen LogP contribution >= 0.6 is 0 Å². The minimum atomic E-state index is -4.60. The molecule has 0 aromatic heterocycles. The summed E-state index contributed by atoms with van der Waals surface area (Å²) in [6.45, 7) is 2.94. The third-order valence-corrected chi connectivity index (χ3v) is 5.23. The van der Waals surface area contributed by atoms with Gasteiger partial charge in [0.05, 0.1) is 13.2 Å². The largest absolute Gasteiger partial charge is 0.378 e. The molecule has 2 aromatic rings. The predicted octanol–water partition coefficient (Wildman–Crippen LogP) is 2.09. The molecule has 1 aliphatic heterocycles. The topological polar surface area (TPSA) is 95.9 Å². The van der Waals surface area contributed by atoms with Crippen LogP contribution in [0.2, 0.25) is 0 Å². The lowest BCUT2D eigenvalue weighted by Gasteiger charge is -2.29. The van der Waals surface area contributed by atoms with Crippen LogP contribution in [0.25, 0.3) is 0 Å². The second kappa shape index (κ2) is 7.86. The minimum Gasteiger partial charge on any atom is -0.378 e. The molecule has 2 aromatic carbocycles. The molecular weight excluding hydrogens is 356 g/mol. The highest BCUT2D eigenvalue weighted by Crippen LogP contribution is 2.25. The Balaban J connectivity index is 1.75. The fourth-order valence-electron chi connectivity index (χ4n) is 2.87. The first-order valence-corrected chi connectivity index (χ1v) is 9.70. The van der Waals surface area contributed by atoms with Crippen molar-refractivity contribution in [1.82, 2.24) is 0 Å².